The molecule has 1 aromatic heterocycles. The number of pyridine rings is 1. The monoisotopic (exact) mass is 296 g/mol. The van der Waals surface area contributed by atoms with Crippen LogP contribution in [0.3, 0.4) is 0 Å². The van der Waals surface area contributed by atoms with Crippen molar-refractivity contribution >= 4 is 23.6 Å². The molecule has 0 aliphatic carbocycles. The Bertz CT molecular complexity index is 426. The lowest BCUT2D eigenvalue weighted by Gasteiger charge is -2.19. The van der Waals surface area contributed by atoms with Gasteiger partial charge in [-0.2, -0.15) is 11.8 Å². The molecule has 0 unspecified atom stereocenters. The fraction of sp³-hybridized carbons (Fsp3) is 0.500. The Labute approximate surface area is 123 Å². The molecule has 0 aliphatic heterocycles. The van der Waals surface area contributed by atoms with Gasteiger partial charge >= 0.3 is 5.97 Å². The van der Waals surface area contributed by atoms with Gasteiger partial charge in [0.15, 0.2) is 0 Å². The number of carbonyl (C=O) groups excluding carboxylic acids is 1. The number of aliphatic carboxylic acids is 1. The van der Waals surface area contributed by atoms with E-state index in [1.807, 2.05) is 25.1 Å². The van der Waals surface area contributed by atoms with E-state index >= 15 is 0 Å². The summed E-state index contributed by atoms with van der Waals surface area (Å²) in [4.78, 5) is 28.2. The van der Waals surface area contributed by atoms with Gasteiger partial charge in [-0.3, -0.25) is 14.6 Å². The fourth-order valence-electron chi connectivity index (χ4n) is 1.70. The molecule has 0 aromatic carbocycles. The zero-order valence-corrected chi connectivity index (χ0v) is 12.4. The second kappa shape index (κ2) is 9.36. The van der Waals surface area contributed by atoms with E-state index in [1.54, 1.807) is 18.0 Å². The number of carboxylic acids is 1. The number of thioether (sulfide) groups is 1. The molecule has 0 aliphatic rings. The summed E-state index contributed by atoms with van der Waals surface area (Å²) < 4.78 is 0. The Morgan fingerprint density at radius 2 is 2.20 bits per heavy atom. The summed E-state index contributed by atoms with van der Waals surface area (Å²) in [5.74, 6) is 0.381. The van der Waals surface area contributed by atoms with Crippen LogP contribution in [0, 0.1) is 0 Å². The fourth-order valence-corrected chi connectivity index (χ4v) is 2.55. The van der Waals surface area contributed by atoms with E-state index in [-0.39, 0.29) is 12.5 Å². The van der Waals surface area contributed by atoms with Crippen LogP contribution in [0.1, 0.15) is 25.5 Å². The summed E-state index contributed by atoms with van der Waals surface area (Å²) in [5.41, 5.74) is 0.987. The molecule has 0 saturated heterocycles. The summed E-state index contributed by atoms with van der Waals surface area (Å²) in [6, 6.07) is 5.75. The van der Waals surface area contributed by atoms with Crippen molar-refractivity contribution in [1.82, 2.24) is 9.88 Å². The molecular weight excluding hydrogens is 276 g/mol. The minimum Gasteiger partial charge on any atom is -0.480 e. The predicted molar refractivity (Wildman–Crippen MR) is 79.5 cm³/mol. The summed E-state index contributed by atoms with van der Waals surface area (Å²) in [7, 11) is 0. The average molecular weight is 296 g/mol. The van der Waals surface area contributed by atoms with Gasteiger partial charge in [0, 0.05) is 30.7 Å². The molecule has 0 atom stereocenters. The molecule has 1 N–H and O–H groups in total. The Hall–Kier alpha value is -1.56. The highest BCUT2D eigenvalue weighted by atomic mass is 32.2. The summed E-state index contributed by atoms with van der Waals surface area (Å²) in [6.07, 6.45) is 2.88. The molecule has 0 radical (unpaired) electrons. The lowest BCUT2D eigenvalue weighted by atomic mass is 10.3. The lowest BCUT2D eigenvalue weighted by Crippen LogP contribution is -2.36. The minimum absolute atomic E-state index is 0.0947. The number of hydrogen-bond acceptors (Lipinski definition) is 4. The molecule has 1 heterocycles. The molecule has 5 nitrogen and oxygen atoms in total. The highest BCUT2D eigenvalue weighted by molar-refractivity contribution is 7.98. The van der Waals surface area contributed by atoms with Gasteiger partial charge in [-0.25, -0.2) is 0 Å². The third kappa shape index (κ3) is 6.56. The maximum Gasteiger partial charge on any atom is 0.323 e. The van der Waals surface area contributed by atoms with Crippen molar-refractivity contribution < 1.29 is 14.7 Å². The number of carbonyl (C=O) groups is 2. The number of hydrogen-bond donors (Lipinski definition) is 1. The van der Waals surface area contributed by atoms with Crippen molar-refractivity contribution in [1.29, 1.82) is 0 Å². The highest BCUT2D eigenvalue weighted by Crippen LogP contribution is 2.11. The second-order valence-electron chi connectivity index (χ2n) is 4.33. The molecule has 110 valence electrons. The van der Waals surface area contributed by atoms with Crippen molar-refractivity contribution in [2.75, 3.05) is 18.8 Å². The van der Waals surface area contributed by atoms with Crippen LogP contribution in [0.2, 0.25) is 0 Å². The Balaban J connectivity index is 2.28. The van der Waals surface area contributed by atoms with Crippen LogP contribution in [0.4, 0.5) is 0 Å². The van der Waals surface area contributed by atoms with Crippen molar-refractivity contribution in [2.45, 2.75) is 25.5 Å². The molecule has 0 bridgehead atoms. The highest BCUT2D eigenvalue weighted by Gasteiger charge is 2.15. The first kappa shape index (κ1) is 16.5. The summed E-state index contributed by atoms with van der Waals surface area (Å²) in [6.45, 7) is 2.21. The lowest BCUT2D eigenvalue weighted by molar-refractivity contribution is -0.144. The van der Waals surface area contributed by atoms with E-state index < -0.39 is 5.97 Å². The smallest absolute Gasteiger partial charge is 0.323 e. The molecule has 0 saturated carbocycles. The van der Waals surface area contributed by atoms with Gasteiger partial charge in [-0.1, -0.05) is 13.0 Å². The van der Waals surface area contributed by atoms with E-state index in [9.17, 15) is 9.59 Å². The predicted octanol–water partition coefficient (Wildman–Crippen LogP) is 2.03. The first-order chi connectivity index (χ1) is 9.63. The van der Waals surface area contributed by atoms with Gasteiger partial charge in [0.1, 0.15) is 6.54 Å². The molecule has 6 heteroatoms. The van der Waals surface area contributed by atoms with E-state index in [2.05, 4.69) is 4.98 Å². The van der Waals surface area contributed by atoms with E-state index in [1.165, 1.54) is 4.90 Å². The number of carboxylic acid groups (broad SMARTS) is 1. The van der Waals surface area contributed by atoms with Gasteiger partial charge in [-0.05, 0) is 18.6 Å². The quantitative estimate of drug-likeness (QED) is 0.706. The average Bonchev–Trinajstić information content (AvgIpc) is 2.43. The van der Waals surface area contributed by atoms with Crippen LogP contribution in [0.15, 0.2) is 24.4 Å². The van der Waals surface area contributed by atoms with Gasteiger partial charge in [0.2, 0.25) is 5.91 Å². The topological polar surface area (TPSA) is 70.5 Å². The molecule has 1 amide bonds. The first-order valence-corrected chi connectivity index (χ1v) is 7.76. The maximum atomic E-state index is 11.9. The minimum atomic E-state index is -0.965. The van der Waals surface area contributed by atoms with Crippen LogP contribution >= 0.6 is 11.8 Å². The van der Waals surface area contributed by atoms with E-state index in [4.69, 9.17) is 5.11 Å². The van der Waals surface area contributed by atoms with Crippen LogP contribution in [-0.4, -0.2) is 45.7 Å². The van der Waals surface area contributed by atoms with Crippen molar-refractivity contribution in [3.8, 4) is 0 Å². The normalized spacial score (nSPS) is 10.2. The zero-order valence-electron chi connectivity index (χ0n) is 11.6. The van der Waals surface area contributed by atoms with Crippen LogP contribution in [-0.2, 0) is 15.3 Å². The number of rotatable bonds is 9. The number of nitrogens with zero attached hydrogens (tertiary/aromatic N) is 2. The number of amides is 1. The van der Waals surface area contributed by atoms with Crippen LogP contribution in [0.25, 0.3) is 0 Å². The molecule has 0 fully saturated rings. The molecule has 0 spiro atoms. The maximum absolute atomic E-state index is 11.9. The van der Waals surface area contributed by atoms with Crippen molar-refractivity contribution in [3.63, 3.8) is 0 Å². The van der Waals surface area contributed by atoms with Crippen LogP contribution < -0.4 is 0 Å². The first-order valence-electron chi connectivity index (χ1n) is 6.60. The Morgan fingerprint density at radius 3 is 2.80 bits per heavy atom. The Morgan fingerprint density at radius 1 is 1.40 bits per heavy atom. The molecule has 20 heavy (non-hydrogen) atoms. The summed E-state index contributed by atoms with van der Waals surface area (Å²) in [5, 5.41) is 8.77. The standard InChI is InChI=1S/C14H20N2O3S/c1-2-8-16(10-14(18)19)13(17)6-9-20-11-12-5-3-4-7-15-12/h3-5,7H,2,6,8-11H2,1H3,(H,18,19). The van der Waals surface area contributed by atoms with Gasteiger partial charge in [0.25, 0.3) is 0 Å². The summed E-state index contributed by atoms with van der Waals surface area (Å²) >= 11 is 1.63. The van der Waals surface area contributed by atoms with Crippen molar-refractivity contribution in [2.24, 2.45) is 0 Å². The largest absolute Gasteiger partial charge is 0.480 e. The molecular formula is C14H20N2O3S. The Kier molecular flexibility index (Phi) is 7.72. The van der Waals surface area contributed by atoms with E-state index in [0.29, 0.717) is 18.7 Å². The second-order valence-corrected chi connectivity index (χ2v) is 5.44. The third-order valence-corrected chi connectivity index (χ3v) is 3.60. The van der Waals surface area contributed by atoms with E-state index in [0.717, 1.165) is 17.9 Å². The van der Waals surface area contributed by atoms with Gasteiger partial charge < -0.3 is 10.0 Å². The zero-order chi connectivity index (χ0) is 14.8. The van der Waals surface area contributed by atoms with Gasteiger partial charge in [0.05, 0.1) is 5.69 Å². The number of aromatic nitrogens is 1. The molecule has 1 aromatic rings. The SMILES string of the molecule is CCCN(CC(=O)O)C(=O)CCSCc1ccccn1. The molecule has 1 rings (SSSR count). The third-order valence-electron chi connectivity index (χ3n) is 2.61. The van der Waals surface area contributed by atoms with Gasteiger partial charge in [-0.15, -0.1) is 0 Å². The van der Waals surface area contributed by atoms with Crippen LogP contribution in [0.5, 0.6) is 0 Å². The van der Waals surface area contributed by atoms with Crippen molar-refractivity contribution in [3.05, 3.63) is 30.1 Å².